The lowest BCUT2D eigenvalue weighted by Gasteiger charge is -2.21. The summed E-state index contributed by atoms with van der Waals surface area (Å²) in [5.41, 5.74) is 2.13. The highest BCUT2D eigenvalue weighted by atomic mass is 32.2. The predicted molar refractivity (Wildman–Crippen MR) is 96.8 cm³/mol. The first kappa shape index (κ1) is 17.5. The maximum Gasteiger partial charge on any atom is 0.319 e. The second kappa shape index (κ2) is 10.0. The number of hydrogen-bond donors (Lipinski definition) is 2. The Balaban J connectivity index is 1.78. The monoisotopic (exact) mass is 340 g/mol. The van der Waals surface area contributed by atoms with E-state index >= 15 is 0 Å². The van der Waals surface area contributed by atoms with Crippen molar-refractivity contribution in [2.75, 3.05) is 36.6 Å². The van der Waals surface area contributed by atoms with E-state index < -0.39 is 0 Å². The van der Waals surface area contributed by atoms with Crippen molar-refractivity contribution in [1.29, 1.82) is 0 Å². The van der Waals surface area contributed by atoms with Crippen LogP contribution >= 0.6 is 23.5 Å². The molecule has 1 heterocycles. The average molecular weight is 341 g/mol. The predicted octanol–water partition coefficient (Wildman–Crippen LogP) is 4.10. The summed E-state index contributed by atoms with van der Waals surface area (Å²) in [4.78, 5) is 11.9. The SMILES string of the molecule is CCOCCCNC(=O)Nc1cccc(C2SCCCS2)c1. The van der Waals surface area contributed by atoms with Crippen LogP contribution in [0.3, 0.4) is 0 Å². The Hall–Kier alpha value is -0.850. The van der Waals surface area contributed by atoms with Gasteiger partial charge in [-0.15, -0.1) is 23.5 Å². The lowest BCUT2D eigenvalue weighted by atomic mass is 10.2. The fraction of sp³-hybridized carbons (Fsp3) is 0.562. The largest absolute Gasteiger partial charge is 0.382 e. The highest BCUT2D eigenvalue weighted by Gasteiger charge is 2.16. The van der Waals surface area contributed by atoms with E-state index in [1.165, 1.54) is 23.5 Å². The minimum absolute atomic E-state index is 0.155. The van der Waals surface area contributed by atoms with E-state index in [0.29, 0.717) is 17.7 Å². The van der Waals surface area contributed by atoms with Crippen LogP contribution in [0.15, 0.2) is 24.3 Å². The molecule has 122 valence electrons. The van der Waals surface area contributed by atoms with E-state index in [9.17, 15) is 4.79 Å². The Kier molecular flexibility index (Phi) is 7.98. The number of carbonyl (C=O) groups is 1. The highest BCUT2D eigenvalue weighted by Crippen LogP contribution is 2.43. The minimum Gasteiger partial charge on any atom is -0.382 e. The van der Waals surface area contributed by atoms with Crippen molar-refractivity contribution in [3.8, 4) is 0 Å². The van der Waals surface area contributed by atoms with Crippen molar-refractivity contribution in [3.05, 3.63) is 29.8 Å². The van der Waals surface area contributed by atoms with Gasteiger partial charge in [0, 0.05) is 25.4 Å². The number of carbonyl (C=O) groups excluding carboxylic acids is 1. The summed E-state index contributed by atoms with van der Waals surface area (Å²) in [5.74, 6) is 2.44. The molecule has 1 saturated heterocycles. The number of rotatable bonds is 7. The molecule has 0 unspecified atom stereocenters. The van der Waals surface area contributed by atoms with Gasteiger partial charge in [0.15, 0.2) is 0 Å². The quantitative estimate of drug-likeness (QED) is 0.734. The third-order valence-electron chi connectivity index (χ3n) is 3.20. The molecule has 0 bridgehead atoms. The molecule has 1 aromatic carbocycles. The Morgan fingerprint density at radius 1 is 1.36 bits per heavy atom. The summed E-state index contributed by atoms with van der Waals surface area (Å²) in [6.45, 7) is 3.99. The van der Waals surface area contributed by atoms with Gasteiger partial charge in [0.05, 0.1) is 4.58 Å². The van der Waals surface area contributed by atoms with E-state index in [-0.39, 0.29) is 6.03 Å². The number of nitrogens with one attached hydrogen (secondary N) is 2. The van der Waals surface area contributed by atoms with Gasteiger partial charge in [0.25, 0.3) is 0 Å². The van der Waals surface area contributed by atoms with Crippen LogP contribution in [0, 0.1) is 0 Å². The number of hydrogen-bond acceptors (Lipinski definition) is 4. The van der Waals surface area contributed by atoms with Crippen LogP contribution in [0.1, 0.15) is 29.9 Å². The summed E-state index contributed by atoms with van der Waals surface area (Å²) in [6.07, 6.45) is 2.12. The van der Waals surface area contributed by atoms with E-state index in [4.69, 9.17) is 4.74 Å². The first-order valence-electron chi connectivity index (χ1n) is 7.75. The van der Waals surface area contributed by atoms with E-state index in [0.717, 1.165) is 18.7 Å². The zero-order valence-corrected chi connectivity index (χ0v) is 14.6. The van der Waals surface area contributed by atoms with Crippen LogP contribution in [0.2, 0.25) is 0 Å². The van der Waals surface area contributed by atoms with Gasteiger partial charge in [-0.25, -0.2) is 4.79 Å². The molecule has 2 N–H and O–H groups in total. The summed E-state index contributed by atoms with van der Waals surface area (Å²) in [5, 5.41) is 5.75. The normalized spacial score (nSPS) is 15.5. The fourth-order valence-electron chi connectivity index (χ4n) is 2.14. The van der Waals surface area contributed by atoms with Gasteiger partial charge >= 0.3 is 6.03 Å². The molecule has 2 amide bonds. The Morgan fingerprint density at radius 3 is 2.95 bits per heavy atom. The molecule has 1 aliphatic heterocycles. The number of ether oxygens (including phenoxy) is 1. The van der Waals surface area contributed by atoms with Crippen LogP contribution in [-0.2, 0) is 4.74 Å². The molecule has 1 aromatic rings. The van der Waals surface area contributed by atoms with Crippen molar-refractivity contribution in [2.24, 2.45) is 0 Å². The summed E-state index contributed by atoms with van der Waals surface area (Å²) >= 11 is 3.97. The molecule has 1 aliphatic rings. The molecular formula is C16H24N2O2S2. The Morgan fingerprint density at radius 2 is 2.18 bits per heavy atom. The smallest absolute Gasteiger partial charge is 0.319 e. The Bertz CT molecular complexity index is 465. The molecule has 22 heavy (non-hydrogen) atoms. The molecule has 0 aliphatic carbocycles. The standard InChI is InChI=1S/C16H24N2O2S2/c1-2-20-9-4-8-17-16(19)18-14-7-3-6-13(12-14)15-21-10-5-11-22-15/h3,6-7,12,15H,2,4-5,8-11H2,1H3,(H2,17,18,19). The highest BCUT2D eigenvalue weighted by molar-refractivity contribution is 8.16. The van der Waals surface area contributed by atoms with Gasteiger partial charge in [0.1, 0.15) is 0 Å². The van der Waals surface area contributed by atoms with E-state index in [1.54, 1.807) is 0 Å². The molecule has 4 nitrogen and oxygen atoms in total. The second-order valence-electron chi connectivity index (χ2n) is 4.98. The lowest BCUT2D eigenvalue weighted by molar-refractivity contribution is 0.145. The molecule has 6 heteroatoms. The Labute approximate surface area is 141 Å². The molecule has 0 saturated carbocycles. The topological polar surface area (TPSA) is 50.4 Å². The van der Waals surface area contributed by atoms with E-state index in [1.807, 2.05) is 42.6 Å². The summed E-state index contributed by atoms with van der Waals surface area (Å²) in [7, 11) is 0. The molecule has 0 aromatic heterocycles. The molecular weight excluding hydrogens is 316 g/mol. The molecule has 1 fully saturated rings. The number of anilines is 1. The molecule has 0 spiro atoms. The third-order valence-corrected chi connectivity index (χ3v) is 6.21. The van der Waals surface area contributed by atoms with Crippen molar-refractivity contribution in [3.63, 3.8) is 0 Å². The molecule has 2 rings (SSSR count). The van der Waals surface area contributed by atoms with Crippen molar-refractivity contribution in [2.45, 2.75) is 24.3 Å². The first-order valence-corrected chi connectivity index (χ1v) is 9.85. The molecule has 0 atom stereocenters. The first-order chi connectivity index (χ1) is 10.8. The number of urea groups is 1. The lowest BCUT2D eigenvalue weighted by Crippen LogP contribution is -2.30. The second-order valence-corrected chi connectivity index (χ2v) is 7.71. The van der Waals surface area contributed by atoms with Crippen molar-refractivity contribution >= 4 is 35.2 Å². The zero-order valence-electron chi connectivity index (χ0n) is 13.0. The maximum absolute atomic E-state index is 11.9. The van der Waals surface area contributed by atoms with Crippen molar-refractivity contribution < 1.29 is 9.53 Å². The van der Waals surface area contributed by atoms with Crippen LogP contribution in [0.5, 0.6) is 0 Å². The van der Waals surface area contributed by atoms with Crippen molar-refractivity contribution in [1.82, 2.24) is 5.32 Å². The van der Waals surface area contributed by atoms with Gasteiger partial charge in [-0.2, -0.15) is 0 Å². The fourth-order valence-corrected chi connectivity index (χ4v) is 5.01. The van der Waals surface area contributed by atoms with Gasteiger partial charge in [-0.05, 0) is 49.0 Å². The third kappa shape index (κ3) is 6.10. The van der Waals surface area contributed by atoms with Crippen LogP contribution in [-0.4, -0.2) is 37.3 Å². The van der Waals surface area contributed by atoms with Gasteiger partial charge in [0.2, 0.25) is 0 Å². The summed E-state index contributed by atoms with van der Waals surface area (Å²) < 4.78 is 5.73. The number of thioether (sulfide) groups is 2. The number of amides is 2. The maximum atomic E-state index is 11.9. The number of benzene rings is 1. The van der Waals surface area contributed by atoms with Gasteiger partial charge < -0.3 is 15.4 Å². The molecule has 0 radical (unpaired) electrons. The van der Waals surface area contributed by atoms with Crippen LogP contribution < -0.4 is 10.6 Å². The average Bonchev–Trinajstić information content (AvgIpc) is 2.56. The van der Waals surface area contributed by atoms with E-state index in [2.05, 4.69) is 22.8 Å². The zero-order chi connectivity index (χ0) is 15.6. The van der Waals surface area contributed by atoms with Crippen LogP contribution in [0.4, 0.5) is 10.5 Å². The van der Waals surface area contributed by atoms with Gasteiger partial charge in [-0.3, -0.25) is 0 Å². The van der Waals surface area contributed by atoms with Gasteiger partial charge in [-0.1, -0.05) is 12.1 Å². The van der Waals surface area contributed by atoms with Crippen LogP contribution in [0.25, 0.3) is 0 Å². The summed E-state index contributed by atoms with van der Waals surface area (Å²) in [6, 6.07) is 8.01. The minimum atomic E-state index is -0.155.